The van der Waals surface area contributed by atoms with Gasteiger partial charge in [-0.05, 0) is 25.1 Å². The molecule has 1 aromatic heterocycles. The minimum absolute atomic E-state index is 0.133. The highest BCUT2D eigenvalue weighted by molar-refractivity contribution is 5.79. The quantitative estimate of drug-likeness (QED) is 0.856. The van der Waals surface area contributed by atoms with Gasteiger partial charge in [0.2, 0.25) is 5.91 Å². The fraction of sp³-hybridized carbons (Fsp3) is 0.389. The van der Waals surface area contributed by atoms with Crippen LogP contribution in [-0.4, -0.2) is 54.3 Å². The van der Waals surface area contributed by atoms with Gasteiger partial charge in [-0.1, -0.05) is 18.2 Å². The highest BCUT2D eigenvalue weighted by Gasteiger charge is 2.22. The van der Waals surface area contributed by atoms with E-state index in [-0.39, 0.29) is 5.91 Å². The van der Waals surface area contributed by atoms with Gasteiger partial charge in [0.05, 0.1) is 19.2 Å². The standard InChI is InChI=1S/C18H22N4O2/c1-14-7-8-17(20-19-14)21-9-11-22(12-10-21)18(23)13-15-5-3-4-6-16(15)24-2/h3-8H,9-13H2,1-2H3. The van der Waals surface area contributed by atoms with Gasteiger partial charge in [-0.15, -0.1) is 5.10 Å². The second-order valence-corrected chi connectivity index (χ2v) is 5.89. The molecule has 2 heterocycles. The Bertz CT molecular complexity index is 694. The van der Waals surface area contributed by atoms with Gasteiger partial charge >= 0.3 is 0 Å². The van der Waals surface area contributed by atoms with Gasteiger partial charge in [0.1, 0.15) is 5.75 Å². The first-order valence-electron chi connectivity index (χ1n) is 8.12. The Balaban J connectivity index is 1.58. The number of hydrogen-bond donors (Lipinski definition) is 0. The van der Waals surface area contributed by atoms with Crippen LogP contribution in [0.5, 0.6) is 5.75 Å². The third-order valence-electron chi connectivity index (χ3n) is 4.27. The minimum atomic E-state index is 0.133. The predicted octanol–water partition coefficient (Wildman–Crippen LogP) is 1.68. The van der Waals surface area contributed by atoms with Crippen LogP contribution < -0.4 is 9.64 Å². The van der Waals surface area contributed by atoms with Crippen molar-refractivity contribution in [3.63, 3.8) is 0 Å². The second-order valence-electron chi connectivity index (χ2n) is 5.89. The first-order chi connectivity index (χ1) is 11.7. The molecule has 1 saturated heterocycles. The van der Waals surface area contributed by atoms with Crippen LogP contribution >= 0.6 is 0 Å². The largest absolute Gasteiger partial charge is 0.496 e. The lowest BCUT2D eigenvalue weighted by atomic mass is 10.1. The number of benzene rings is 1. The highest BCUT2D eigenvalue weighted by Crippen LogP contribution is 2.19. The Labute approximate surface area is 142 Å². The fourth-order valence-corrected chi connectivity index (χ4v) is 2.87. The molecule has 1 amide bonds. The Morgan fingerprint density at radius 3 is 2.50 bits per heavy atom. The molecule has 1 aromatic carbocycles. The first kappa shape index (κ1) is 16.2. The molecular weight excluding hydrogens is 304 g/mol. The topological polar surface area (TPSA) is 58.6 Å². The van der Waals surface area contributed by atoms with Crippen molar-refractivity contribution in [3.05, 3.63) is 47.7 Å². The molecule has 0 radical (unpaired) electrons. The van der Waals surface area contributed by atoms with Crippen molar-refractivity contribution >= 4 is 11.7 Å². The van der Waals surface area contributed by atoms with Gasteiger partial charge in [0, 0.05) is 31.7 Å². The molecule has 0 aliphatic carbocycles. The van der Waals surface area contributed by atoms with Gasteiger partial charge in [-0.3, -0.25) is 4.79 Å². The maximum absolute atomic E-state index is 12.5. The lowest BCUT2D eigenvalue weighted by molar-refractivity contribution is -0.130. The number of carbonyl (C=O) groups is 1. The van der Waals surface area contributed by atoms with Crippen molar-refractivity contribution < 1.29 is 9.53 Å². The zero-order chi connectivity index (χ0) is 16.9. The van der Waals surface area contributed by atoms with E-state index in [1.165, 1.54) is 0 Å². The van der Waals surface area contributed by atoms with E-state index in [2.05, 4.69) is 15.1 Å². The van der Waals surface area contributed by atoms with Crippen molar-refractivity contribution in [1.29, 1.82) is 0 Å². The Morgan fingerprint density at radius 2 is 1.83 bits per heavy atom. The SMILES string of the molecule is COc1ccccc1CC(=O)N1CCN(c2ccc(C)nn2)CC1. The maximum Gasteiger partial charge on any atom is 0.227 e. The third-order valence-corrected chi connectivity index (χ3v) is 4.27. The normalized spacial score (nSPS) is 14.6. The molecule has 0 saturated carbocycles. The highest BCUT2D eigenvalue weighted by atomic mass is 16.5. The third kappa shape index (κ3) is 3.64. The number of aryl methyl sites for hydroxylation is 1. The Morgan fingerprint density at radius 1 is 1.08 bits per heavy atom. The smallest absolute Gasteiger partial charge is 0.227 e. The van der Waals surface area contributed by atoms with Crippen LogP contribution in [0.15, 0.2) is 36.4 Å². The summed E-state index contributed by atoms with van der Waals surface area (Å²) in [5, 5.41) is 8.32. The molecule has 6 nitrogen and oxygen atoms in total. The average Bonchev–Trinajstić information content (AvgIpc) is 2.63. The summed E-state index contributed by atoms with van der Waals surface area (Å²) in [7, 11) is 1.63. The number of carbonyl (C=O) groups excluding carboxylic acids is 1. The summed E-state index contributed by atoms with van der Waals surface area (Å²) in [5.41, 5.74) is 1.83. The minimum Gasteiger partial charge on any atom is -0.496 e. The zero-order valence-electron chi connectivity index (χ0n) is 14.1. The number of methoxy groups -OCH3 is 1. The number of ether oxygens (including phenoxy) is 1. The molecule has 6 heteroatoms. The Hall–Kier alpha value is -2.63. The average molecular weight is 326 g/mol. The number of hydrogen-bond acceptors (Lipinski definition) is 5. The number of aromatic nitrogens is 2. The lowest BCUT2D eigenvalue weighted by Crippen LogP contribution is -2.49. The summed E-state index contributed by atoms with van der Waals surface area (Å²) < 4.78 is 5.32. The van der Waals surface area contributed by atoms with E-state index in [1.807, 2.05) is 48.2 Å². The summed E-state index contributed by atoms with van der Waals surface area (Å²) in [5.74, 6) is 1.77. The van der Waals surface area contributed by atoms with Crippen molar-refractivity contribution in [2.75, 3.05) is 38.2 Å². The molecule has 3 rings (SSSR count). The van der Waals surface area contributed by atoms with E-state index in [9.17, 15) is 4.79 Å². The van der Waals surface area contributed by atoms with Crippen molar-refractivity contribution in [1.82, 2.24) is 15.1 Å². The van der Waals surface area contributed by atoms with E-state index in [0.29, 0.717) is 19.5 Å². The summed E-state index contributed by atoms with van der Waals surface area (Å²) >= 11 is 0. The van der Waals surface area contributed by atoms with Crippen molar-refractivity contribution in [2.24, 2.45) is 0 Å². The summed E-state index contributed by atoms with van der Waals surface area (Å²) in [6.07, 6.45) is 0.369. The van der Waals surface area contributed by atoms with Crippen LogP contribution in [0.4, 0.5) is 5.82 Å². The fourth-order valence-electron chi connectivity index (χ4n) is 2.87. The number of amides is 1. The summed E-state index contributed by atoms with van der Waals surface area (Å²) in [4.78, 5) is 16.6. The van der Waals surface area contributed by atoms with E-state index < -0.39 is 0 Å². The van der Waals surface area contributed by atoms with Gasteiger partial charge in [0.25, 0.3) is 0 Å². The number of piperazine rings is 1. The molecular formula is C18H22N4O2. The van der Waals surface area contributed by atoms with Crippen molar-refractivity contribution in [2.45, 2.75) is 13.3 Å². The van der Waals surface area contributed by atoms with E-state index in [4.69, 9.17) is 4.74 Å². The molecule has 24 heavy (non-hydrogen) atoms. The number of nitrogens with zero attached hydrogens (tertiary/aromatic N) is 4. The van der Waals surface area contributed by atoms with Crippen LogP contribution in [0.25, 0.3) is 0 Å². The zero-order valence-corrected chi connectivity index (χ0v) is 14.1. The number of rotatable bonds is 4. The molecule has 2 aromatic rings. The van der Waals surface area contributed by atoms with Crippen LogP contribution in [0.1, 0.15) is 11.3 Å². The van der Waals surface area contributed by atoms with Crippen LogP contribution in [0.3, 0.4) is 0 Å². The lowest BCUT2D eigenvalue weighted by Gasteiger charge is -2.35. The van der Waals surface area contributed by atoms with E-state index in [1.54, 1.807) is 7.11 Å². The molecule has 0 N–H and O–H groups in total. The molecule has 126 valence electrons. The predicted molar refractivity (Wildman–Crippen MR) is 92.3 cm³/mol. The molecule has 0 bridgehead atoms. The van der Waals surface area contributed by atoms with Gasteiger partial charge in [-0.2, -0.15) is 5.10 Å². The molecule has 0 unspecified atom stereocenters. The van der Waals surface area contributed by atoms with Crippen LogP contribution in [0.2, 0.25) is 0 Å². The van der Waals surface area contributed by atoms with Crippen LogP contribution in [-0.2, 0) is 11.2 Å². The van der Waals surface area contributed by atoms with E-state index >= 15 is 0 Å². The second kappa shape index (κ2) is 7.29. The molecule has 0 atom stereocenters. The number of anilines is 1. The van der Waals surface area contributed by atoms with Gasteiger partial charge in [0.15, 0.2) is 5.82 Å². The molecule has 1 fully saturated rings. The summed E-state index contributed by atoms with van der Waals surface area (Å²) in [6.45, 7) is 4.86. The number of para-hydroxylation sites is 1. The van der Waals surface area contributed by atoms with Gasteiger partial charge in [-0.25, -0.2) is 0 Å². The molecule has 0 spiro atoms. The Kier molecular flexibility index (Phi) is 4.93. The molecule has 1 aliphatic rings. The van der Waals surface area contributed by atoms with Gasteiger partial charge < -0.3 is 14.5 Å². The van der Waals surface area contributed by atoms with E-state index in [0.717, 1.165) is 35.9 Å². The van der Waals surface area contributed by atoms with Crippen molar-refractivity contribution in [3.8, 4) is 5.75 Å². The molecule has 1 aliphatic heterocycles. The maximum atomic E-state index is 12.5. The van der Waals surface area contributed by atoms with Crippen LogP contribution in [0, 0.1) is 6.92 Å². The monoisotopic (exact) mass is 326 g/mol. The summed E-state index contributed by atoms with van der Waals surface area (Å²) in [6, 6.07) is 11.6. The first-order valence-corrected chi connectivity index (χ1v) is 8.12.